The highest BCUT2D eigenvalue weighted by molar-refractivity contribution is 5.80. The normalized spacial score (nSPS) is 15.8. The maximum atomic E-state index is 13.4. The van der Waals surface area contributed by atoms with Crippen molar-refractivity contribution < 1.29 is 14.0 Å². The van der Waals surface area contributed by atoms with E-state index in [1.165, 1.54) is 6.07 Å². The topological polar surface area (TPSA) is 49.4 Å². The van der Waals surface area contributed by atoms with Crippen molar-refractivity contribution in [3.8, 4) is 0 Å². The fourth-order valence-electron chi connectivity index (χ4n) is 2.12. The Morgan fingerprint density at radius 2 is 2.11 bits per heavy atom. The molecule has 0 spiro atoms. The van der Waals surface area contributed by atoms with E-state index in [2.05, 4.69) is 5.32 Å². The van der Waals surface area contributed by atoms with Crippen molar-refractivity contribution in [2.24, 2.45) is 0 Å². The second-order valence-corrected chi connectivity index (χ2v) is 4.57. The third-order valence-electron chi connectivity index (χ3n) is 3.23. The molecular weight excluding hydrogens is 247 g/mol. The molecule has 0 atom stereocenters. The summed E-state index contributed by atoms with van der Waals surface area (Å²) in [6, 6.07) is 6.48. The quantitative estimate of drug-likeness (QED) is 0.889. The van der Waals surface area contributed by atoms with E-state index in [1.54, 1.807) is 23.1 Å². The monoisotopic (exact) mass is 264 g/mol. The van der Waals surface area contributed by atoms with Crippen LogP contribution in [-0.4, -0.2) is 36.3 Å². The molecule has 1 fully saturated rings. The first kappa shape index (κ1) is 13.5. The average Bonchev–Trinajstić information content (AvgIpc) is 2.62. The van der Waals surface area contributed by atoms with Crippen LogP contribution in [0.4, 0.5) is 4.39 Å². The number of nitrogens with zero attached hydrogens (tertiary/aromatic N) is 1. The van der Waals surface area contributed by atoms with Crippen LogP contribution in [0.5, 0.6) is 0 Å². The second kappa shape index (κ2) is 6.31. The molecule has 0 bridgehead atoms. The Hall–Kier alpha value is -1.91. The fraction of sp³-hybridized carbons (Fsp3) is 0.429. The Balaban J connectivity index is 1.87. The van der Waals surface area contributed by atoms with Gasteiger partial charge in [-0.1, -0.05) is 18.2 Å². The van der Waals surface area contributed by atoms with Gasteiger partial charge in [-0.3, -0.25) is 9.59 Å². The minimum Gasteiger partial charge on any atom is -0.354 e. The summed E-state index contributed by atoms with van der Waals surface area (Å²) in [5.74, 6) is -0.327. The average molecular weight is 264 g/mol. The van der Waals surface area contributed by atoms with Crippen molar-refractivity contribution in [2.45, 2.75) is 19.3 Å². The molecule has 19 heavy (non-hydrogen) atoms. The molecule has 102 valence electrons. The van der Waals surface area contributed by atoms with Crippen molar-refractivity contribution in [2.75, 3.05) is 19.6 Å². The summed E-state index contributed by atoms with van der Waals surface area (Å²) in [4.78, 5) is 24.8. The first-order valence-corrected chi connectivity index (χ1v) is 6.44. The molecule has 1 N–H and O–H groups in total. The number of rotatable bonds is 3. The number of benzene rings is 1. The Kier molecular flexibility index (Phi) is 4.49. The largest absolute Gasteiger partial charge is 0.354 e. The lowest BCUT2D eigenvalue weighted by Crippen LogP contribution is -2.34. The minimum atomic E-state index is -0.275. The number of hydrogen-bond acceptors (Lipinski definition) is 2. The van der Waals surface area contributed by atoms with Crippen LogP contribution in [0.25, 0.3) is 0 Å². The molecule has 0 aliphatic carbocycles. The SMILES string of the molecule is O=C1CCN(C(=O)CCc2ccccc2F)CCN1. The van der Waals surface area contributed by atoms with Crippen molar-refractivity contribution in [3.05, 3.63) is 35.6 Å². The van der Waals surface area contributed by atoms with Crippen molar-refractivity contribution in [1.82, 2.24) is 10.2 Å². The van der Waals surface area contributed by atoms with Crippen LogP contribution in [0.3, 0.4) is 0 Å². The van der Waals surface area contributed by atoms with E-state index in [-0.39, 0.29) is 24.1 Å². The van der Waals surface area contributed by atoms with Gasteiger partial charge in [-0.2, -0.15) is 0 Å². The zero-order valence-corrected chi connectivity index (χ0v) is 10.7. The zero-order valence-electron chi connectivity index (χ0n) is 10.7. The summed E-state index contributed by atoms with van der Waals surface area (Å²) in [5, 5.41) is 2.72. The molecule has 1 aliphatic rings. The Morgan fingerprint density at radius 1 is 1.32 bits per heavy atom. The predicted molar refractivity (Wildman–Crippen MR) is 68.9 cm³/mol. The highest BCUT2D eigenvalue weighted by atomic mass is 19.1. The maximum absolute atomic E-state index is 13.4. The van der Waals surface area contributed by atoms with E-state index in [0.29, 0.717) is 38.0 Å². The Morgan fingerprint density at radius 3 is 2.89 bits per heavy atom. The number of halogens is 1. The fourth-order valence-corrected chi connectivity index (χ4v) is 2.12. The number of nitrogens with one attached hydrogen (secondary N) is 1. The van der Waals surface area contributed by atoms with Gasteiger partial charge in [0.25, 0.3) is 0 Å². The van der Waals surface area contributed by atoms with E-state index >= 15 is 0 Å². The first-order valence-electron chi connectivity index (χ1n) is 6.44. The number of amides is 2. The molecule has 1 aromatic rings. The molecule has 0 saturated carbocycles. The minimum absolute atomic E-state index is 0.0237. The lowest BCUT2D eigenvalue weighted by atomic mass is 10.1. The molecular formula is C14H17FN2O2. The van der Waals surface area contributed by atoms with Crippen LogP contribution >= 0.6 is 0 Å². The molecule has 1 heterocycles. The molecule has 1 aromatic carbocycles. The Bertz CT molecular complexity index is 476. The van der Waals surface area contributed by atoms with Crippen molar-refractivity contribution in [3.63, 3.8) is 0 Å². The smallest absolute Gasteiger partial charge is 0.222 e. The molecule has 0 radical (unpaired) electrons. The van der Waals surface area contributed by atoms with Crippen LogP contribution in [0.2, 0.25) is 0 Å². The van der Waals surface area contributed by atoms with Gasteiger partial charge in [0, 0.05) is 32.5 Å². The van der Waals surface area contributed by atoms with Gasteiger partial charge in [-0.05, 0) is 18.1 Å². The number of carbonyl (C=O) groups is 2. The van der Waals surface area contributed by atoms with Crippen molar-refractivity contribution >= 4 is 11.8 Å². The van der Waals surface area contributed by atoms with Gasteiger partial charge >= 0.3 is 0 Å². The van der Waals surface area contributed by atoms with Crippen LogP contribution in [-0.2, 0) is 16.0 Å². The van der Waals surface area contributed by atoms with Gasteiger partial charge in [-0.25, -0.2) is 4.39 Å². The van der Waals surface area contributed by atoms with Gasteiger partial charge in [0.2, 0.25) is 11.8 Å². The van der Waals surface area contributed by atoms with E-state index in [9.17, 15) is 14.0 Å². The van der Waals surface area contributed by atoms with Crippen molar-refractivity contribution in [1.29, 1.82) is 0 Å². The summed E-state index contributed by atoms with van der Waals surface area (Å²) < 4.78 is 13.4. The third kappa shape index (κ3) is 3.77. The summed E-state index contributed by atoms with van der Waals surface area (Å²) in [6.45, 7) is 1.47. The highest BCUT2D eigenvalue weighted by Crippen LogP contribution is 2.10. The molecule has 2 amide bonds. The molecule has 1 saturated heterocycles. The van der Waals surface area contributed by atoms with E-state index in [4.69, 9.17) is 0 Å². The lowest BCUT2D eigenvalue weighted by molar-refractivity contribution is -0.131. The van der Waals surface area contributed by atoms with Crippen LogP contribution < -0.4 is 5.32 Å². The number of aryl methyl sites for hydroxylation is 1. The van der Waals surface area contributed by atoms with Gasteiger partial charge in [0.15, 0.2) is 0 Å². The van der Waals surface area contributed by atoms with Gasteiger partial charge < -0.3 is 10.2 Å². The van der Waals surface area contributed by atoms with Gasteiger partial charge in [-0.15, -0.1) is 0 Å². The summed E-state index contributed by atoms with van der Waals surface area (Å²) in [6.07, 6.45) is 1.00. The first-order chi connectivity index (χ1) is 9.16. The molecule has 0 aromatic heterocycles. The maximum Gasteiger partial charge on any atom is 0.222 e. The highest BCUT2D eigenvalue weighted by Gasteiger charge is 2.18. The standard InChI is InChI=1S/C14H17FN2O2/c15-12-4-2-1-3-11(12)5-6-14(19)17-9-7-13(18)16-8-10-17/h1-4H,5-10H2,(H,16,18). The third-order valence-corrected chi connectivity index (χ3v) is 3.23. The van der Waals surface area contributed by atoms with E-state index < -0.39 is 0 Å². The van der Waals surface area contributed by atoms with Crippen LogP contribution in [0, 0.1) is 5.82 Å². The second-order valence-electron chi connectivity index (χ2n) is 4.57. The Labute approximate surface area is 111 Å². The predicted octanol–water partition coefficient (Wildman–Crippen LogP) is 1.11. The zero-order chi connectivity index (χ0) is 13.7. The molecule has 2 rings (SSSR count). The lowest BCUT2D eigenvalue weighted by Gasteiger charge is -2.19. The van der Waals surface area contributed by atoms with Gasteiger partial charge in [0.1, 0.15) is 5.82 Å². The van der Waals surface area contributed by atoms with Crippen LogP contribution in [0.1, 0.15) is 18.4 Å². The number of carbonyl (C=O) groups excluding carboxylic acids is 2. The van der Waals surface area contributed by atoms with E-state index in [1.807, 2.05) is 0 Å². The molecule has 5 heteroatoms. The molecule has 4 nitrogen and oxygen atoms in total. The number of hydrogen-bond donors (Lipinski definition) is 1. The molecule has 1 aliphatic heterocycles. The summed E-state index contributed by atoms with van der Waals surface area (Å²) >= 11 is 0. The van der Waals surface area contributed by atoms with Gasteiger partial charge in [0.05, 0.1) is 0 Å². The van der Waals surface area contributed by atoms with E-state index in [0.717, 1.165) is 0 Å². The summed E-state index contributed by atoms with van der Waals surface area (Å²) in [7, 11) is 0. The summed E-state index contributed by atoms with van der Waals surface area (Å²) in [5.41, 5.74) is 0.555. The van der Waals surface area contributed by atoms with Crippen LogP contribution in [0.15, 0.2) is 24.3 Å². The molecule has 0 unspecified atom stereocenters.